The number of hydrogen-bond acceptors (Lipinski definition) is 0. The predicted octanol–water partition coefficient (Wildman–Crippen LogP) is 2.69. The van der Waals surface area contributed by atoms with E-state index in [4.69, 9.17) is 0 Å². The smallest absolute Gasteiger partial charge is 0.00172 e. The number of allylic oxidation sites excluding steroid dienone is 3. The van der Waals surface area contributed by atoms with Crippen LogP contribution in [0.1, 0.15) is 13.3 Å². The van der Waals surface area contributed by atoms with Gasteiger partial charge in [0, 0.05) is 5.92 Å². The summed E-state index contributed by atoms with van der Waals surface area (Å²) in [6.07, 6.45) is 0.958. The molecule has 0 spiro atoms. The van der Waals surface area contributed by atoms with Crippen molar-refractivity contribution in [2.24, 2.45) is 5.92 Å². The van der Waals surface area contributed by atoms with Crippen LogP contribution < -0.4 is 0 Å². The average Bonchev–Trinajstić information content (AvgIpc) is 1.98. The zero-order valence-electron chi connectivity index (χ0n) is 5.91. The Balaban J connectivity index is 2.90. The Morgan fingerprint density at radius 2 is 1.89 bits per heavy atom. The first-order chi connectivity index (χ1) is 4.13. The molecule has 0 aliphatic heterocycles. The van der Waals surface area contributed by atoms with Crippen molar-refractivity contribution < 1.29 is 0 Å². The van der Waals surface area contributed by atoms with Crippen molar-refractivity contribution in [3.05, 3.63) is 36.5 Å². The second-order valence-electron chi connectivity index (χ2n) is 2.69. The Kier molecular flexibility index (Phi) is 1.32. The van der Waals surface area contributed by atoms with Gasteiger partial charge in [-0.25, -0.2) is 0 Å². The molecule has 1 unspecified atom stereocenters. The molecule has 0 radical (unpaired) electrons. The fourth-order valence-corrected chi connectivity index (χ4v) is 1.09. The van der Waals surface area contributed by atoms with Crippen molar-refractivity contribution in [2.45, 2.75) is 13.3 Å². The monoisotopic (exact) mass is 120 g/mol. The van der Waals surface area contributed by atoms with Crippen LogP contribution in [0.4, 0.5) is 0 Å². The van der Waals surface area contributed by atoms with Crippen LogP contribution in [0.25, 0.3) is 0 Å². The molecule has 0 bridgehead atoms. The molecule has 0 heteroatoms. The van der Waals surface area contributed by atoms with E-state index in [0.29, 0.717) is 5.92 Å². The first-order valence-electron chi connectivity index (χ1n) is 3.17. The summed E-state index contributed by atoms with van der Waals surface area (Å²) in [5.41, 5.74) is 3.58. The molecule has 0 nitrogen and oxygen atoms in total. The molecule has 1 rings (SSSR count). The highest BCUT2D eigenvalue weighted by Gasteiger charge is 2.20. The summed E-state index contributed by atoms with van der Waals surface area (Å²) in [7, 11) is 0. The van der Waals surface area contributed by atoms with Gasteiger partial charge in [-0.1, -0.05) is 32.2 Å². The zero-order valence-corrected chi connectivity index (χ0v) is 5.91. The average molecular weight is 120 g/mol. The van der Waals surface area contributed by atoms with Crippen molar-refractivity contribution in [3.63, 3.8) is 0 Å². The molecule has 1 saturated carbocycles. The van der Waals surface area contributed by atoms with Gasteiger partial charge in [-0.15, -0.1) is 0 Å². The molecule has 48 valence electrons. The fraction of sp³-hybridized carbons (Fsp3) is 0.333. The molecule has 0 heterocycles. The number of rotatable bonds is 0. The van der Waals surface area contributed by atoms with Gasteiger partial charge in [0.05, 0.1) is 0 Å². The van der Waals surface area contributed by atoms with E-state index < -0.39 is 0 Å². The van der Waals surface area contributed by atoms with Gasteiger partial charge in [-0.3, -0.25) is 0 Å². The Morgan fingerprint density at radius 3 is 2.00 bits per heavy atom. The molecule has 1 aliphatic carbocycles. The second kappa shape index (κ2) is 1.87. The Labute approximate surface area is 56.6 Å². The normalized spacial score (nSPS) is 27.7. The van der Waals surface area contributed by atoms with Crippen molar-refractivity contribution in [2.75, 3.05) is 0 Å². The molecule has 0 saturated heterocycles. The summed E-state index contributed by atoms with van der Waals surface area (Å²) < 4.78 is 0. The van der Waals surface area contributed by atoms with Gasteiger partial charge < -0.3 is 0 Å². The van der Waals surface area contributed by atoms with E-state index >= 15 is 0 Å². The summed E-state index contributed by atoms with van der Waals surface area (Å²) in [6, 6.07) is 0. The molecule has 9 heavy (non-hydrogen) atoms. The second-order valence-corrected chi connectivity index (χ2v) is 2.69. The van der Waals surface area contributed by atoms with Crippen LogP contribution in [0.5, 0.6) is 0 Å². The molecule has 1 aliphatic rings. The molecular formula is C9H12. The summed E-state index contributed by atoms with van der Waals surface area (Å²) in [5.74, 6) is 0.470. The van der Waals surface area contributed by atoms with Gasteiger partial charge in [-0.05, 0) is 17.6 Å². The minimum atomic E-state index is 0.470. The molecular weight excluding hydrogens is 108 g/mol. The Hall–Kier alpha value is -0.780. The first kappa shape index (κ1) is 6.34. The van der Waals surface area contributed by atoms with Crippen molar-refractivity contribution in [1.82, 2.24) is 0 Å². The van der Waals surface area contributed by atoms with Crippen LogP contribution in [0, 0.1) is 5.92 Å². The van der Waals surface area contributed by atoms with Crippen LogP contribution in [-0.4, -0.2) is 0 Å². The minimum Gasteiger partial charge on any atom is -0.0989 e. The Morgan fingerprint density at radius 1 is 1.33 bits per heavy atom. The maximum absolute atomic E-state index is 3.91. The van der Waals surface area contributed by atoms with E-state index in [-0.39, 0.29) is 0 Å². The lowest BCUT2D eigenvalue weighted by atomic mass is 10.0. The van der Waals surface area contributed by atoms with Crippen LogP contribution in [0.3, 0.4) is 0 Å². The highest BCUT2D eigenvalue weighted by atomic mass is 14.3. The third-order valence-electron chi connectivity index (χ3n) is 2.03. The SMILES string of the molecule is C=C1CC(=C)C(C)C1=C. The first-order valence-corrected chi connectivity index (χ1v) is 3.17. The highest BCUT2D eigenvalue weighted by Crippen LogP contribution is 2.36. The van der Waals surface area contributed by atoms with Crippen molar-refractivity contribution >= 4 is 0 Å². The highest BCUT2D eigenvalue weighted by molar-refractivity contribution is 5.42. The van der Waals surface area contributed by atoms with Gasteiger partial charge in [0.1, 0.15) is 0 Å². The quantitative estimate of drug-likeness (QED) is 0.431. The maximum atomic E-state index is 3.91. The topological polar surface area (TPSA) is 0 Å². The van der Waals surface area contributed by atoms with Gasteiger partial charge in [0.25, 0.3) is 0 Å². The standard InChI is InChI=1S/C9H12/c1-6-5-7(2)9(4)8(6)3/h9H,1-3,5H2,4H3. The molecule has 0 aromatic rings. The largest absolute Gasteiger partial charge is 0.0989 e. The summed E-state index contributed by atoms with van der Waals surface area (Å²) >= 11 is 0. The van der Waals surface area contributed by atoms with Crippen molar-refractivity contribution in [1.29, 1.82) is 0 Å². The lowest BCUT2D eigenvalue weighted by molar-refractivity contribution is 0.869. The number of hydrogen-bond donors (Lipinski definition) is 0. The van der Waals surface area contributed by atoms with Gasteiger partial charge >= 0.3 is 0 Å². The van der Waals surface area contributed by atoms with Crippen LogP contribution in [0.2, 0.25) is 0 Å². The van der Waals surface area contributed by atoms with Gasteiger partial charge in [-0.2, -0.15) is 0 Å². The van der Waals surface area contributed by atoms with E-state index in [0.717, 1.165) is 12.0 Å². The van der Waals surface area contributed by atoms with Gasteiger partial charge in [0.2, 0.25) is 0 Å². The lowest BCUT2D eigenvalue weighted by Crippen LogP contribution is -1.88. The minimum absolute atomic E-state index is 0.470. The van der Waals surface area contributed by atoms with Crippen LogP contribution in [-0.2, 0) is 0 Å². The lowest BCUT2D eigenvalue weighted by Gasteiger charge is -2.01. The van der Waals surface area contributed by atoms with Gasteiger partial charge in [0.15, 0.2) is 0 Å². The van der Waals surface area contributed by atoms with E-state index in [1.165, 1.54) is 11.1 Å². The van der Waals surface area contributed by atoms with E-state index in [1.54, 1.807) is 0 Å². The maximum Gasteiger partial charge on any atom is 0.00172 e. The molecule has 1 atom stereocenters. The van der Waals surface area contributed by atoms with E-state index in [1.807, 2.05) is 0 Å². The van der Waals surface area contributed by atoms with E-state index in [9.17, 15) is 0 Å². The fourth-order valence-electron chi connectivity index (χ4n) is 1.09. The molecule has 0 amide bonds. The zero-order chi connectivity index (χ0) is 7.02. The van der Waals surface area contributed by atoms with Crippen molar-refractivity contribution in [3.8, 4) is 0 Å². The molecule has 1 fully saturated rings. The third kappa shape index (κ3) is 0.849. The Bertz CT molecular complexity index is 184. The summed E-state index contributed by atoms with van der Waals surface area (Å²) in [6.45, 7) is 13.8. The summed E-state index contributed by atoms with van der Waals surface area (Å²) in [5, 5.41) is 0. The third-order valence-corrected chi connectivity index (χ3v) is 2.03. The van der Waals surface area contributed by atoms with Crippen LogP contribution >= 0.6 is 0 Å². The molecule has 0 aromatic heterocycles. The molecule has 0 N–H and O–H groups in total. The van der Waals surface area contributed by atoms with E-state index in [2.05, 4.69) is 26.7 Å². The molecule has 0 aromatic carbocycles. The van der Waals surface area contributed by atoms with Crippen LogP contribution in [0.15, 0.2) is 36.5 Å². The predicted molar refractivity (Wildman–Crippen MR) is 41.2 cm³/mol. The summed E-state index contributed by atoms with van der Waals surface area (Å²) in [4.78, 5) is 0.